The lowest BCUT2D eigenvalue weighted by Gasteiger charge is -2.36. The van der Waals surface area contributed by atoms with Gasteiger partial charge in [0.15, 0.2) is 0 Å². The molecule has 0 saturated heterocycles. The van der Waals surface area contributed by atoms with Gasteiger partial charge in [0.2, 0.25) is 0 Å². The largest absolute Gasteiger partial charge is 0.300 e. The minimum Gasteiger partial charge on any atom is -0.300 e. The number of hydrogen-bond donors (Lipinski definition) is 0. The molecule has 76 valence electrons. The zero-order valence-corrected chi connectivity index (χ0v) is 9.18. The van der Waals surface area contributed by atoms with Crippen molar-refractivity contribution in [2.24, 2.45) is 17.8 Å². The average molecular weight is 182 g/mol. The molecule has 1 saturated carbocycles. The van der Waals surface area contributed by atoms with Gasteiger partial charge in [-0.15, -0.1) is 0 Å². The lowest BCUT2D eigenvalue weighted by atomic mass is 9.68. The summed E-state index contributed by atoms with van der Waals surface area (Å²) in [5, 5.41) is 0. The molecule has 0 spiro atoms. The summed E-state index contributed by atoms with van der Waals surface area (Å²) in [5.41, 5.74) is 0. The van der Waals surface area contributed by atoms with Crippen molar-refractivity contribution in [2.45, 2.75) is 52.9 Å². The zero-order chi connectivity index (χ0) is 9.84. The highest BCUT2D eigenvalue weighted by Gasteiger charge is 2.33. The SMILES string of the molecule is CCC1CC(=O)CC(CC)C1CC. The average Bonchev–Trinajstić information content (AvgIpc) is 2.16. The number of Topliss-reactive ketones (excluding diaryl/α,β-unsaturated/α-hetero) is 1. The first-order valence-corrected chi connectivity index (χ1v) is 5.74. The third kappa shape index (κ3) is 2.32. The van der Waals surface area contributed by atoms with E-state index in [2.05, 4.69) is 20.8 Å². The van der Waals surface area contributed by atoms with Gasteiger partial charge in [0.25, 0.3) is 0 Å². The molecule has 13 heavy (non-hydrogen) atoms. The van der Waals surface area contributed by atoms with E-state index in [9.17, 15) is 4.79 Å². The van der Waals surface area contributed by atoms with E-state index in [0.717, 1.165) is 18.8 Å². The van der Waals surface area contributed by atoms with E-state index in [4.69, 9.17) is 0 Å². The molecule has 1 aliphatic carbocycles. The highest BCUT2D eigenvalue weighted by atomic mass is 16.1. The van der Waals surface area contributed by atoms with Crippen LogP contribution < -0.4 is 0 Å². The van der Waals surface area contributed by atoms with Crippen LogP contribution in [-0.2, 0) is 4.79 Å². The lowest BCUT2D eigenvalue weighted by molar-refractivity contribution is -0.125. The molecule has 0 heterocycles. The lowest BCUT2D eigenvalue weighted by Crippen LogP contribution is -2.32. The van der Waals surface area contributed by atoms with Gasteiger partial charge in [-0.2, -0.15) is 0 Å². The van der Waals surface area contributed by atoms with Gasteiger partial charge in [0.1, 0.15) is 5.78 Å². The Hall–Kier alpha value is -0.330. The van der Waals surface area contributed by atoms with Crippen LogP contribution in [0.4, 0.5) is 0 Å². The number of rotatable bonds is 3. The van der Waals surface area contributed by atoms with E-state index in [1.807, 2.05) is 0 Å². The standard InChI is InChI=1S/C12H22O/c1-4-9-7-11(13)8-10(5-2)12(9)6-3/h9-10,12H,4-8H2,1-3H3. The normalized spacial score (nSPS) is 35.0. The fourth-order valence-electron chi connectivity index (χ4n) is 2.92. The molecule has 2 unspecified atom stereocenters. The quantitative estimate of drug-likeness (QED) is 0.653. The first kappa shape index (κ1) is 10.7. The van der Waals surface area contributed by atoms with Gasteiger partial charge in [0, 0.05) is 12.8 Å². The van der Waals surface area contributed by atoms with E-state index in [1.165, 1.54) is 19.3 Å². The van der Waals surface area contributed by atoms with Crippen LogP contribution >= 0.6 is 0 Å². The molecule has 0 N–H and O–H groups in total. The Bertz CT molecular complexity index is 158. The molecule has 1 aliphatic rings. The van der Waals surface area contributed by atoms with E-state index >= 15 is 0 Å². The predicted molar refractivity (Wildman–Crippen MR) is 55.6 cm³/mol. The second-order valence-corrected chi connectivity index (χ2v) is 4.36. The molecule has 0 amide bonds. The monoisotopic (exact) mass is 182 g/mol. The Labute approximate surface area is 81.9 Å². The Morgan fingerprint density at radius 1 is 1.00 bits per heavy atom. The van der Waals surface area contributed by atoms with E-state index in [1.54, 1.807) is 0 Å². The van der Waals surface area contributed by atoms with Gasteiger partial charge in [-0.1, -0.05) is 40.0 Å². The second-order valence-electron chi connectivity index (χ2n) is 4.36. The summed E-state index contributed by atoms with van der Waals surface area (Å²) in [5.74, 6) is 2.67. The Morgan fingerprint density at radius 2 is 1.46 bits per heavy atom. The van der Waals surface area contributed by atoms with Crippen LogP contribution in [-0.4, -0.2) is 5.78 Å². The fraction of sp³-hybridized carbons (Fsp3) is 0.917. The number of carbonyl (C=O) groups is 1. The molecule has 1 heteroatoms. The Morgan fingerprint density at radius 3 is 1.77 bits per heavy atom. The van der Waals surface area contributed by atoms with Crippen molar-refractivity contribution in [3.63, 3.8) is 0 Å². The summed E-state index contributed by atoms with van der Waals surface area (Å²) in [4.78, 5) is 11.5. The second kappa shape index (κ2) is 4.78. The smallest absolute Gasteiger partial charge is 0.133 e. The third-order valence-corrected chi connectivity index (χ3v) is 3.71. The van der Waals surface area contributed by atoms with Crippen molar-refractivity contribution >= 4 is 5.78 Å². The van der Waals surface area contributed by atoms with Crippen molar-refractivity contribution in [2.75, 3.05) is 0 Å². The number of ketones is 1. The summed E-state index contributed by atoms with van der Waals surface area (Å²) in [6, 6.07) is 0. The van der Waals surface area contributed by atoms with Crippen LogP contribution in [0.15, 0.2) is 0 Å². The molecule has 2 atom stereocenters. The van der Waals surface area contributed by atoms with Crippen molar-refractivity contribution in [1.29, 1.82) is 0 Å². The van der Waals surface area contributed by atoms with E-state index in [0.29, 0.717) is 17.6 Å². The zero-order valence-electron chi connectivity index (χ0n) is 9.18. The van der Waals surface area contributed by atoms with Gasteiger partial charge >= 0.3 is 0 Å². The molecule has 1 nitrogen and oxygen atoms in total. The minimum absolute atomic E-state index is 0.503. The highest BCUT2D eigenvalue weighted by molar-refractivity contribution is 5.79. The van der Waals surface area contributed by atoms with Gasteiger partial charge in [-0.05, 0) is 17.8 Å². The summed E-state index contributed by atoms with van der Waals surface area (Å²) in [6.07, 6.45) is 5.32. The molecule has 1 rings (SSSR count). The van der Waals surface area contributed by atoms with Gasteiger partial charge < -0.3 is 0 Å². The minimum atomic E-state index is 0.503. The maximum Gasteiger partial charge on any atom is 0.133 e. The topological polar surface area (TPSA) is 17.1 Å². The molecule has 0 aromatic rings. The van der Waals surface area contributed by atoms with Crippen LogP contribution in [0.3, 0.4) is 0 Å². The molecular formula is C12H22O. The van der Waals surface area contributed by atoms with Gasteiger partial charge in [0.05, 0.1) is 0 Å². The first-order chi connectivity index (χ1) is 6.22. The summed E-state index contributed by atoms with van der Waals surface area (Å²) >= 11 is 0. The van der Waals surface area contributed by atoms with E-state index < -0.39 is 0 Å². The third-order valence-electron chi connectivity index (χ3n) is 3.71. The van der Waals surface area contributed by atoms with Crippen molar-refractivity contribution in [3.8, 4) is 0 Å². The van der Waals surface area contributed by atoms with Crippen molar-refractivity contribution in [3.05, 3.63) is 0 Å². The summed E-state index contributed by atoms with van der Waals surface area (Å²) < 4.78 is 0. The fourth-order valence-corrected chi connectivity index (χ4v) is 2.92. The predicted octanol–water partition coefficient (Wildman–Crippen LogP) is 3.43. The number of carbonyl (C=O) groups excluding carboxylic acids is 1. The first-order valence-electron chi connectivity index (χ1n) is 5.74. The maximum atomic E-state index is 11.5. The highest BCUT2D eigenvalue weighted by Crippen LogP contribution is 2.38. The van der Waals surface area contributed by atoms with Gasteiger partial charge in [-0.25, -0.2) is 0 Å². The molecule has 0 aliphatic heterocycles. The van der Waals surface area contributed by atoms with Crippen molar-refractivity contribution in [1.82, 2.24) is 0 Å². The van der Waals surface area contributed by atoms with Crippen LogP contribution in [0.1, 0.15) is 52.9 Å². The maximum absolute atomic E-state index is 11.5. The summed E-state index contributed by atoms with van der Waals surface area (Å²) in [6.45, 7) is 6.71. The Balaban J connectivity index is 2.67. The van der Waals surface area contributed by atoms with Crippen LogP contribution in [0.5, 0.6) is 0 Å². The van der Waals surface area contributed by atoms with E-state index in [-0.39, 0.29) is 0 Å². The molecule has 0 bridgehead atoms. The van der Waals surface area contributed by atoms with Crippen LogP contribution in [0.25, 0.3) is 0 Å². The number of hydrogen-bond acceptors (Lipinski definition) is 1. The van der Waals surface area contributed by atoms with Crippen LogP contribution in [0, 0.1) is 17.8 Å². The van der Waals surface area contributed by atoms with Crippen LogP contribution in [0.2, 0.25) is 0 Å². The molecule has 1 fully saturated rings. The Kier molecular flexibility index (Phi) is 3.95. The molecule has 0 aromatic carbocycles. The van der Waals surface area contributed by atoms with Gasteiger partial charge in [-0.3, -0.25) is 4.79 Å². The molecule has 0 aromatic heterocycles. The van der Waals surface area contributed by atoms with Crippen molar-refractivity contribution < 1.29 is 4.79 Å². The summed E-state index contributed by atoms with van der Waals surface area (Å²) in [7, 11) is 0. The molecule has 0 radical (unpaired) electrons. The molecular weight excluding hydrogens is 160 g/mol.